The van der Waals surface area contributed by atoms with E-state index in [2.05, 4.69) is 179 Å². The summed E-state index contributed by atoms with van der Waals surface area (Å²) in [4.78, 5) is 2.35. The maximum Gasteiger partial charge on any atom is 0.137 e. The molecule has 3 heterocycles. The van der Waals surface area contributed by atoms with Crippen molar-refractivity contribution in [2.24, 2.45) is 0 Å². The Morgan fingerprint density at radius 1 is 0.500 bits per heavy atom. The van der Waals surface area contributed by atoms with Crippen LogP contribution in [0.25, 0.3) is 86.7 Å². The molecule has 0 saturated carbocycles. The summed E-state index contributed by atoms with van der Waals surface area (Å²) in [5.74, 6) is 0. The van der Waals surface area contributed by atoms with Gasteiger partial charge in [0.15, 0.2) is 0 Å². The van der Waals surface area contributed by atoms with Gasteiger partial charge < -0.3 is 13.9 Å². The molecule has 0 N–H and O–H groups in total. The molecule has 1 aliphatic rings. The van der Waals surface area contributed by atoms with Gasteiger partial charge in [-0.05, 0) is 114 Å². The quantitative estimate of drug-likeness (QED) is 0.176. The van der Waals surface area contributed by atoms with Crippen molar-refractivity contribution in [2.45, 2.75) is 12.8 Å². The molecule has 3 aromatic heterocycles. The zero-order valence-corrected chi connectivity index (χ0v) is 31.3. The van der Waals surface area contributed by atoms with E-state index in [0.29, 0.717) is 0 Å². The lowest BCUT2D eigenvalue weighted by molar-refractivity contribution is 0.669. The van der Waals surface area contributed by atoms with E-state index >= 15 is 0 Å². The van der Waals surface area contributed by atoms with E-state index in [1.807, 2.05) is 23.5 Å². The maximum atomic E-state index is 6.39. The van der Waals surface area contributed by atoms with E-state index in [0.717, 1.165) is 51.8 Å². The van der Waals surface area contributed by atoms with E-state index in [-0.39, 0.29) is 0 Å². The smallest absolute Gasteiger partial charge is 0.137 e. The van der Waals surface area contributed by atoms with Crippen LogP contribution in [0, 0.1) is 0 Å². The van der Waals surface area contributed by atoms with Crippen molar-refractivity contribution in [1.82, 2.24) is 4.57 Å². The molecule has 0 fully saturated rings. The molecule has 0 amide bonds. The van der Waals surface area contributed by atoms with Crippen molar-refractivity contribution < 1.29 is 4.42 Å². The normalized spacial score (nSPS) is 12.8. The molecule has 3 nitrogen and oxygen atoms in total. The van der Waals surface area contributed by atoms with Crippen LogP contribution in [0.3, 0.4) is 0 Å². The molecule has 4 heteroatoms. The molecule has 0 atom stereocenters. The first kappa shape index (κ1) is 31.5. The van der Waals surface area contributed by atoms with Gasteiger partial charge in [0.2, 0.25) is 0 Å². The Labute approximate surface area is 327 Å². The van der Waals surface area contributed by atoms with Gasteiger partial charge in [-0.25, -0.2) is 0 Å². The van der Waals surface area contributed by atoms with Gasteiger partial charge in [0, 0.05) is 76.4 Å². The molecule has 11 aromatic rings. The number of thiophene rings is 1. The molecule has 12 rings (SSSR count). The Morgan fingerprint density at radius 3 is 2.02 bits per heavy atom. The fraction of sp³-hybridized carbons (Fsp3) is 0.0385. The molecular formula is C52H34N2OS. The molecule has 0 saturated heterocycles. The van der Waals surface area contributed by atoms with Gasteiger partial charge in [0.1, 0.15) is 11.2 Å². The minimum Gasteiger partial charge on any atom is -0.456 e. The first-order valence-corrected chi connectivity index (χ1v) is 20.1. The highest BCUT2D eigenvalue weighted by Gasteiger charge is 2.20. The average molecular weight is 735 g/mol. The number of hydrogen-bond donors (Lipinski definition) is 0. The summed E-state index contributed by atoms with van der Waals surface area (Å²) in [6.07, 6.45) is 6.74. The zero-order chi connectivity index (χ0) is 36.7. The monoisotopic (exact) mass is 734 g/mol. The highest BCUT2D eigenvalue weighted by Crippen LogP contribution is 2.43. The summed E-state index contributed by atoms with van der Waals surface area (Å²) in [5, 5.41) is 8.70. The summed E-state index contributed by atoms with van der Waals surface area (Å²) >= 11 is 1.85. The van der Waals surface area contributed by atoms with Crippen molar-refractivity contribution in [1.29, 1.82) is 0 Å². The SMILES string of the molecule is C1=Cc2c(n(-c3ccc(-c4ccc(N(c5ccc6c(c5)oc5ccccc56)c5ccc6sc7ccccc7c6c5)cc4)cc3)c3cc4ccccc4cc23)CC1. The number of furan rings is 1. The minimum absolute atomic E-state index is 0.883. The van der Waals surface area contributed by atoms with Crippen LogP contribution in [0.15, 0.2) is 180 Å². The predicted octanol–water partition coefficient (Wildman–Crippen LogP) is 15.1. The molecule has 56 heavy (non-hydrogen) atoms. The number of anilines is 3. The van der Waals surface area contributed by atoms with Gasteiger partial charge in [0.25, 0.3) is 0 Å². The Bertz CT molecular complexity index is 3360. The number of rotatable bonds is 5. The third-order valence-electron chi connectivity index (χ3n) is 11.6. The highest BCUT2D eigenvalue weighted by atomic mass is 32.1. The van der Waals surface area contributed by atoms with E-state index in [9.17, 15) is 0 Å². The number of para-hydroxylation sites is 1. The van der Waals surface area contributed by atoms with Crippen LogP contribution in [-0.4, -0.2) is 4.57 Å². The predicted molar refractivity (Wildman–Crippen MR) is 238 cm³/mol. The molecular weight excluding hydrogens is 701 g/mol. The van der Waals surface area contributed by atoms with Crippen LogP contribution >= 0.6 is 11.3 Å². The molecule has 0 unspecified atom stereocenters. The first-order chi connectivity index (χ1) is 27.7. The van der Waals surface area contributed by atoms with Crippen molar-refractivity contribution in [3.63, 3.8) is 0 Å². The van der Waals surface area contributed by atoms with Crippen molar-refractivity contribution in [3.05, 3.63) is 187 Å². The summed E-state index contributed by atoms with van der Waals surface area (Å²) in [7, 11) is 0. The Balaban J connectivity index is 0.944. The van der Waals surface area contributed by atoms with Crippen molar-refractivity contribution >= 4 is 98.3 Å². The maximum absolute atomic E-state index is 6.39. The minimum atomic E-state index is 0.883. The molecule has 0 bridgehead atoms. The van der Waals surface area contributed by atoms with Gasteiger partial charge in [0.05, 0.1) is 5.52 Å². The van der Waals surface area contributed by atoms with Gasteiger partial charge in [-0.2, -0.15) is 0 Å². The standard InChI is InChI=1S/C52H34N2OS/c1-2-10-36-30-48-45(29-35(36)9-1)41-11-3-6-14-47(41)54(48)38-23-19-34(20-24-38)33-17-21-37(22-18-33)53(39-26-28-52-46(31-39)44-13-5-8-16-51(44)56-52)40-25-27-43-42-12-4-7-15-49(42)55-50(43)32-40/h1-5,7-13,15-32H,6,14H2. The third kappa shape index (κ3) is 4.89. The summed E-state index contributed by atoms with van der Waals surface area (Å²) in [6, 6.07) is 61.9. The lowest BCUT2D eigenvalue weighted by Gasteiger charge is -2.26. The number of nitrogens with zero attached hydrogens (tertiary/aromatic N) is 2. The largest absolute Gasteiger partial charge is 0.456 e. The second kappa shape index (κ2) is 12.3. The number of aromatic nitrogens is 1. The van der Waals surface area contributed by atoms with Gasteiger partial charge in [-0.1, -0.05) is 97.1 Å². The van der Waals surface area contributed by atoms with Crippen LogP contribution in [0.2, 0.25) is 0 Å². The molecule has 8 aromatic carbocycles. The lowest BCUT2D eigenvalue weighted by atomic mass is 10.0. The molecule has 0 spiro atoms. The molecule has 264 valence electrons. The summed E-state index contributed by atoms with van der Waals surface area (Å²) in [5.41, 5.74) is 12.6. The van der Waals surface area contributed by atoms with Gasteiger partial charge in [-0.15, -0.1) is 11.3 Å². The van der Waals surface area contributed by atoms with Crippen molar-refractivity contribution in [3.8, 4) is 16.8 Å². The van der Waals surface area contributed by atoms with Gasteiger partial charge >= 0.3 is 0 Å². The number of benzene rings is 8. The fourth-order valence-electron chi connectivity index (χ4n) is 8.96. The van der Waals surface area contributed by atoms with E-state index in [1.165, 1.54) is 69.9 Å². The average Bonchev–Trinajstić information content (AvgIpc) is 3.92. The topological polar surface area (TPSA) is 21.3 Å². The van der Waals surface area contributed by atoms with Gasteiger partial charge in [-0.3, -0.25) is 0 Å². The Kier molecular flexibility index (Phi) is 6.92. The van der Waals surface area contributed by atoms with Crippen LogP contribution in [-0.2, 0) is 6.42 Å². The molecule has 0 radical (unpaired) electrons. The summed E-state index contributed by atoms with van der Waals surface area (Å²) < 4.78 is 11.5. The van der Waals surface area contributed by atoms with Crippen LogP contribution in [0.4, 0.5) is 17.1 Å². The zero-order valence-electron chi connectivity index (χ0n) is 30.4. The van der Waals surface area contributed by atoms with E-state index < -0.39 is 0 Å². The second-order valence-electron chi connectivity index (χ2n) is 14.8. The number of allylic oxidation sites excluding steroid dienone is 1. The van der Waals surface area contributed by atoms with E-state index in [4.69, 9.17) is 4.42 Å². The van der Waals surface area contributed by atoms with Crippen LogP contribution < -0.4 is 4.90 Å². The van der Waals surface area contributed by atoms with Crippen LogP contribution in [0.1, 0.15) is 17.7 Å². The molecule has 1 aliphatic carbocycles. The third-order valence-corrected chi connectivity index (χ3v) is 12.8. The fourth-order valence-corrected chi connectivity index (χ4v) is 10.0. The number of hydrogen-bond acceptors (Lipinski definition) is 3. The Morgan fingerprint density at radius 2 is 1.16 bits per heavy atom. The number of fused-ring (bicyclic) bond motifs is 10. The lowest BCUT2D eigenvalue weighted by Crippen LogP contribution is -2.09. The second-order valence-corrected chi connectivity index (χ2v) is 15.9. The van der Waals surface area contributed by atoms with Crippen molar-refractivity contribution in [2.75, 3.05) is 4.90 Å². The van der Waals surface area contributed by atoms with E-state index in [1.54, 1.807) is 0 Å². The molecule has 0 aliphatic heterocycles. The Hall–Kier alpha value is -6.88. The first-order valence-electron chi connectivity index (χ1n) is 19.3. The van der Waals surface area contributed by atoms with Crippen LogP contribution in [0.5, 0.6) is 0 Å². The summed E-state index contributed by atoms with van der Waals surface area (Å²) in [6.45, 7) is 0. The highest BCUT2D eigenvalue weighted by molar-refractivity contribution is 7.25.